The number of anilines is 2. The summed E-state index contributed by atoms with van der Waals surface area (Å²) < 4.78 is 0. The summed E-state index contributed by atoms with van der Waals surface area (Å²) in [7, 11) is 0. The SMILES string of the molecule is Cc1cc(C(=O)Nc2cccc(C#N)c2)nc(N2CCCCCC2)n1. The monoisotopic (exact) mass is 335 g/mol. The van der Waals surface area contributed by atoms with Crippen LogP contribution in [0, 0.1) is 18.3 Å². The molecule has 6 nitrogen and oxygen atoms in total. The maximum atomic E-state index is 12.6. The number of nitriles is 1. The van der Waals surface area contributed by atoms with Crippen molar-refractivity contribution in [2.24, 2.45) is 0 Å². The maximum absolute atomic E-state index is 12.6. The average molecular weight is 335 g/mol. The lowest BCUT2D eigenvalue weighted by molar-refractivity contribution is 0.102. The molecule has 6 heteroatoms. The number of rotatable bonds is 3. The van der Waals surface area contributed by atoms with Crippen molar-refractivity contribution < 1.29 is 4.79 Å². The first-order valence-electron chi connectivity index (χ1n) is 8.58. The van der Waals surface area contributed by atoms with E-state index in [9.17, 15) is 4.79 Å². The van der Waals surface area contributed by atoms with Crippen LogP contribution in [0.4, 0.5) is 11.6 Å². The molecule has 25 heavy (non-hydrogen) atoms. The molecule has 0 unspecified atom stereocenters. The Morgan fingerprint density at radius 3 is 2.64 bits per heavy atom. The van der Waals surface area contributed by atoms with Crippen molar-refractivity contribution in [1.29, 1.82) is 5.26 Å². The summed E-state index contributed by atoms with van der Waals surface area (Å²) in [5.41, 5.74) is 2.19. The van der Waals surface area contributed by atoms with Crippen molar-refractivity contribution in [2.75, 3.05) is 23.3 Å². The molecule has 0 spiro atoms. The Kier molecular flexibility index (Phi) is 5.24. The van der Waals surface area contributed by atoms with Crippen LogP contribution < -0.4 is 10.2 Å². The van der Waals surface area contributed by atoms with Gasteiger partial charge in [0, 0.05) is 24.5 Å². The van der Waals surface area contributed by atoms with Crippen molar-refractivity contribution >= 4 is 17.5 Å². The second-order valence-electron chi connectivity index (χ2n) is 6.24. The highest BCUT2D eigenvalue weighted by molar-refractivity contribution is 6.03. The van der Waals surface area contributed by atoms with E-state index in [-0.39, 0.29) is 5.91 Å². The van der Waals surface area contributed by atoms with Crippen LogP contribution in [-0.4, -0.2) is 29.0 Å². The molecule has 1 fully saturated rings. The van der Waals surface area contributed by atoms with E-state index in [2.05, 4.69) is 26.3 Å². The van der Waals surface area contributed by atoms with E-state index >= 15 is 0 Å². The van der Waals surface area contributed by atoms with E-state index in [0.717, 1.165) is 31.6 Å². The van der Waals surface area contributed by atoms with E-state index in [0.29, 0.717) is 22.9 Å². The fourth-order valence-corrected chi connectivity index (χ4v) is 2.94. The summed E-state index contributed by atoms with van der Waals surface area (Å²) in [6, 6.07) is 10.6. The van der Waals surface area contributed by atoms with E-state index in [1.54, 1.807) is 30.3 Å². The second-order valence-corrected chi connectivity index (χ2v) is 6.24. The van der Waals surface area contributed by atoms with Crippen LogP contribution in [-0.2, 0) is 0 Å². The summed E-state index contributed by atoms with van der Waals surface area (Å²) >= 11 is 0. The number of benzene rings is 1. The molecular formula is C19H21N5O. The summed E-state index contributed by atoms with van der Waals surface area (Å²) in [4.78, 5) is 23.7. The van der Waals surface area contributed by atoms with Crippen LogP contribution in [0.1, 0.15) is 47.4 Å². The summed E-state index contributed by atoms with van der Waals surface area (Å²) in [5, 5.41) is 11.8. The van der Waals surface area contributed by atoms with Gasteiger partial charge in [0.25, 0.3) is 5.91 Å². The van der Waals surface area contributed by atoms with E-state index in [1.165, 1.54) is 12.8 Å². The van der Waals surface area contributed by atoms with Crippen LogP contribution in [0.5, 0.6) is 0 Å². The molecule has 2 heterocycles. The molecule has 2 aromatic rings. The fourth-order valence-electron chi connectivity index (χ4n) is 2.94. The zero-order valence-electron chi connectivity index (χ0n) is 14.3. The number of carbonyl (C=O) groups is 1. The number of amides is 1. The van der Waals surface area contributed by atoms with Gasteiger partial charge in [-0.2, -0.15) is 5.26 Å². The highest BCUT2D eigenvalue weighted by Crippen LogP contribution is 2.17. The van der Waals surface area contributed by atoms with Crippen molar-refractivity contribution in [3.8, 4) is 6.07 Å². The molecule has 0 aliphatic carbocycles. The van der Waals surface area contributed by atoms with Gasteiger partial charge in [-0.15, -0.1) is 0 Å². The van der Waals surface area contributed by atoms with Crippen LogP contribution in [0.15, 0.2) is 30.3 Å². The molecule has 3 rings (SSSR count). The number of nitrogens with zero attached hydrogens (tertiary/aromatic N) is 4. The molecule has 1 aliphatic rings. The predicted octanol–water partition coefficient (Wildman–Crippen LogP) is 3.29. The number of hydrogen-bond acceptors (Lipinski definition) is 5. The standard InChI is InChI=1S/C19H21N5O/c1-14-11-17(18(25)22-16-8-6-7-15(12-16)13-20)23-19(21-14)24-9-4-2-3-5-10-24/h6-8,11-12H,2-5,9-10H2,1H3,(H,22,25). The average Bonchev–Trinajstić information content (AvgIpc) is 2.91. The van der Waals surface area contributed by atoms with Crippen LogP contribution >= 0.6 is 0 Å². The molecule has 0 atom stereocenters. The van der Waals surface area contributed by atoms with Gasteiger partial charge in [-0.25, -0.2) is 9.97 Å². The normalized spacial score (nSPS) is 14.5. The van der Waals surface area contributed by atoms with E-state index in [4.69, 9.17) is 5.26 Å². The van der Waals surface area contributed by atoms with Crippen molar-refractivity contribution in [3.63, 3.8) is 0 Å². The van der Waals surface area contributed by atoms with Gasteiger partial charge in [-0.05, 0) is 44.0 Å². The number of hydrogen-bond donors (Lipinski definition) is 1. The minimum atomic E-state index is -0.295. The van der Waals surface area contributed by atoms with Crippen molar-refractivity contribution in [3.05, 3.63) is 47.3 Å². The second kappa shape index (κ2) is 7.75. The molecular weight excluding hydrogens is 314 g/mol. The molecule has 0 radical (unpaired) electrons. The topological polar surface area (TPSA) is 81.9 Å². The van der Waals surface area contributed by atoms with Gasteiger partial charge in [0.2, 0.25) is 5.95 Å². The minimum absolute atomic E-state index is 0.295. The predicted molar refractivity (Wildman–Crippen MR) is 96.6 cm³/mol. The van der Waals surface area contributed by atoms with Gasteiger partial charge >= 0.3 is 0 Å². The zero-order chi connectivity index (χ0) is 17.6. The van der Waals surface area contributed by atoms with Crippen LogP contribution in [0.2, 0.25) is 0 Å². The smallest absolute Gasteiger partial charge is 0.274 e. The third kappa shape index (κ3) is 4.32. The first kappa shape index (κ1) is 16.9. The quantitative estimate of drug-likeness (QED) is 0.931. The van der Waals surface area contributed by atoms with Gasteiger partial charge in [0.15, 0.2) is 0 Å². The first-order valence-corrected chi connectivity index (χ1v) is 8.58. The number of nitrogens with one attached hydrogen (secondary N) is 1. The number of carbonyl (C=O) groups excluding carboxylic acids is 1. The third-order valence-electron chi connectivity index (χ3n) is 4.21. The highest BCUT2D eigenvalue weighted by atomic mass is 16.1. The molecule has 1 N–H and O–H groups in total. The van der Waals surface area contributed by atoms with Gasteiger partial charge in [0.1, 0.15) is 5.69 Å². The van der Waals surface area contributed by atoms with E-state index in [1.807, 2.05) is 6.92 Å². The molecule has 1 aliphatic heterocycles. The minimum Gasteiger partial charge on any atom is -0.341 e. The van der Waals surface area contributed by atoms with Crippen molar-refractivity contribution in [2.45, 2.75) is 32.6 Å². The number of aryl methyl sites for hydroxylation is 1. The molecule has 128 valence electrons. The summed E-state index contributed by atoms with van der Waals surface area (Å²) in [5.74, 6) is 0.328. The maximum Gasteiger partial charge on any atom is 0.274 e. The lowest BCUT2D eigenvalue weighted by Crippen LogP contribution is -2.27. The zero-order valence-corrected chi connectivity index (χ0v) is 14.3. The van der Waals surface area contributed by atoms with Crippen LogP contribution in [0.25, 0.3) is 0 Å². The Labute approximate surface area is 147 Å². The largest absolute Gasteiger partial charge is 0.341 e. The van der Waals surface area contributed by atoms with Gasteiger partial charge in [-0.1, -0.05) is 18.9 Å². The Bertz CT molecular complexity index is 804. The Morgan fingerprint density at radius 2 is 1.92 bits per heavy atom. The Morgan fingerprint density at radius 1 is 1.16 bits per heavy atom. The lowest BCUT2D eigenvalue weighted by Gasteiger charge is -2.21. The molecule has 1 saturated heterocycles. The van der Waals surface area contributed by atoms with Gasteiger partial charge in [-0.3, -0.25) is 4.79 Å². The molecule has 1 aromatic carbocycles. The molecule has 1 amide bonds. The Hall–Kier alpha value is -2.94. The first-order chi connectivity index (χ1) is 12.2. The summed E-state index contributed by atoms with van der Waals surface area (Å²) in [6.45, 7) is 3.72. The van der Waals surface area contributed by atoms with Crippen LogP contribution in [0.3, 0.4) is 0 Å². The van der Waals surface area contributed by atoms with Gasteiger partial charge in [0.05, 0.1) is 11.6 Å². The summed E-state index contributed by atoms with van der Waals surface area (Å²) in [6.07, 6.45) is 4.70. The number of aromatic nitrogens is 2. The lowest BCUT2D eigenvalue weighted by atomic mass is 10.2. The van der Waals surface area contributed by atoms with E-state index < -0.39 is 0 Å². The molecule has 0 saturated carbocycles. The molecule has 0 bridgehead atoms. The van der Waals surface area contributed by atoms with Crippen molar-refractivity contribution in [1.82, 2.24) is 9.97 Å². The van der Waals surface area contributed by atoms with Gasteiger partial charge < -0.3 is 10.2 Å². The molecule has 1 aromatic heterocycles. The Balaban J connectivity index is 1.81. The third-order valence-corrected chi connectivity index (χ3v) is 4.21. The fraction of sp³-hybridized carbons (Fsp3) is 0.368. The highest BCUT2D eigenvalue weighted by Gasteiger charge is 2.16.